The predicted octanol–water partition coefficient (Wildman–Crippen LogP) is 8.03. The Morgan fingerprint density at radius 2 is 1.78 bits per heavy atom. The van der Waals surface area contributed by atoms with Crippen LogP contribution in [0.1, 0.15) is 43.0 Å². The number of nitrogens with zero attached hydrogens (tertiary/aromatic N) is 5. The van der Waals surface area contributed by atoms with Gasteiger partial charge in [0, 0.05) is 40.3 Å². The van der Waals surface area contributed by atoms with Gasteiger partial charge in [0.15, 0.2) is 0 Å². The number of thiophene rings is 1. The van der Waals surface area contributed by atoms with Crippen LogP contribution in [0, 0.1) is 0 Å². The van der Waals surface area contributed by atoms with Crippen LogP contribution in [0.3, 0.4) is 0 Å². The number of likely N-dealkylation sites (tertiary alicyclic amines) is 1. The zero-order valence-corrected chi connectivity index (χ0v) is 26.9. The molecular weight excluding hydrogens is 591 g/mol. The number of pyridine rings is 1. The molecule has 2 aromatic carbocycles. The van der Waals surface area contributed by atoms with Gasteiger partial charge in [0.1, 0.15) is 5.65 Å². The van der Waals surface area contributed by atoms with Gasteiger partial charge in [-0.1, -0.05) is 36.4 Å². The van der Waals surface area contributed by atoms with Crippen LogP contribution in [0.5, 0.6) is 0 Å². The molecule has 8 nitrogen and oxygen atoms in total. The lowest BCUT2D eigenvalue weighted by Crippen LogP contribution is -2.37. The highest BCUT2D eigenvalue weighted by molar-refractivity contribution is 7.10. The molecule has 9 heteroatoms. The van der Waals surface area contributed by atoms with Crippen molar-refractivity contribution in [2.45, 2.75) is 45.1 Å². The molecule has 6 aromatic rings. The first kappa shape index (κ1) is 29.8. The van der Waals surface area contributed by atoms with E-state index in [2.05, 4.69) is 58.6 Å². The molecule has 0 saturated carbocycles. The second-order valence-electron chi connectivity index (χ2n) is 12.0. The molecule has 46 heavy (non-hydrogen) atoms. The standard InChI is InChI=1S/C37H37N7OS/c1-25(2)43-20-16-27(17-21-43)26-11-13-29(14-12-26)40-37-38-18-15-32(41-37)36-35(42-33-10-3-4-19-44(33)36)28-7-5-8-30(23-28)39-34(45)24-31-9-6-22-46-31/h3-15,18-19,22-23,25,27H,16-17,20-21,24H2,1-2H3,(H,39,45)(H,38,40,41). The summed E-state index contributed by atoms with van der Waals surface area (Å²) in [5.74, 6) is 1.07. The van der Waals surface area contributed by atoms with Gasteiger partial charge < -0.3 is 15.5 Å². The molecule has 2 N–H and O–H groups in total. The van der Waals surface area contributed by atoms with Crippen molar-refractivity contribution in [3.63, 3.8) is 0 Å². The fourth-order valence-electron chi connectivity index (χ4n) is 6.23. The maximum absolute atomic E-state index is 12.7. The van der Waals surface area contributed by atoms with Gasteiger partial charge >= 0.3 is 0 Å². The van der Waals surface area contributed by atoms with Crippen molar-refractivity contribution in [3.05, 3.63) is 113 Å². The van der Waals surface area contributed by atoms with Gasteiger partial charge in [0.05, 0.1) is 23.5 Å². The van der Waals surface area contributed by atoms with E-state index >= 15 is 0 Å². The predicted molar refractivity (Wildman–Crippen MR) is 187 cm³/mol. The lowest BCUT2D eigenvalue weighted by molar-refractivity contribution is -0.115. The minimum atomic E-state index is -0.0501. The fourth-order valence-corrected chi connectivity index (χ4v) is 6.93. The van der Waals surface area contributed by atoms with E-state index in [4.69, 9.17) is 9.97 Å². The van der Waals surface area contributed by atoms with E-state index in [0.717, 1.165) is 57.6 Å². The first-order chi connectivity index (χ1) is 22.5. The van der Waals surface area contributed by atoms with Gasteiger partial charge in [-0.15, -0.1) is 11.3 Å². The van der Waals surface area contributed by atoms with Crippen LogP contribution in [0.25, 0.3) is 28.3 Å². The molecule has 4 aromatic heterocycles. The highest BCUT2D eigenvalue weighted by Gasteiger charge is 2.22. The zero-order chi connectivity index (χ0) is 31.5. The number of benzene rings is 2. The minimum Gasteiger partial charge on any atom is -0.326 e. The second-order valence-corrected chi connectivity index (χ2v) is 13.1. The number of anilines is 3. The molecule has 0 bridgehead atoms. The number of aromatic nitrogens is 4. The Morgan fingerprint density at radius 3 is 2.57 bits per heavy atom. The van der Waals surface area contributed by atoms with E-state index < -0.39 is 0 Å². The third-order valence-electron chi connectivity index (χ3n) is 8.66. The Hall–Kier alpha value is -4.86. The first-order valence-corrected chi connectivity index (χ1v) is 16.7. The summed E-state index contributed by atoms with van der Waals surface area (Å²) in [6.45, 7) is 6.87. The smallest absolute Gasteiger partial charge is 0.229 e. The largest absolute Gasteiger partial charge is 0.326 e. The van der Waals surface area contributed by atoms with Crippen LogP contribution in [0.4, 0.5) is 17.3 Å². The Kier molecular flexibility index (Phi) is 8.59. The third-order valence-corrected chi connectivity index (χ3v) is 9.54. The molecule has 1 aliphatic heterocycles. The number of carbonyl (C=O) groups excluding carboxylic acids is 1. The summed E-state index contributed by atoms with van der Waals surface area (Å²) in [5, 5.41) is 8.44. The topological polar surface area (TPSA) is 87.5 Å². The summed E-state index contributed by atoms with van der Waals surface area (Å²) in [5.41, 5.74) is 7.13. The minimum absolute atomic E-state index is 0.0501. The molecule has 0 radical (unpaired) electrons. The fraction of sp³-hybridized carbons (Fsp3) is 0.243. The number of nitrogens with one attached hydrogen (secondary N) is 2. The van der Waals surface area contributed by atoms with Gasteiger partial charge in [-0.3, -0.25) is 9.20 Å². The van der Waals surface area contributed by atoms with Gasteiger partial charge in [0.25, 0.3) is 0 Å². The number of imidazole rings is 1. The highest BCUT2D eigenvalue weighted by atomic mass is 32.1. The van der Waals surface area contributed by atoms with Crippen LogP contribution >= 0.6 is 11.3 Å². The van der Waals surface area contributed by atoms with Crippen molar-refractivity contribution in [3.8, 4) is 22.6 Å². The molecular formula is C37H37N7OS. The van der Waals surface area contributed by atoms with Crippen LogP contribution in [-0.2, 0) is 11.2 Å². The van der Waals surface area contributed by atoms with Crippen molar-refractivity contribution < 1.29 is 4.79 Å². The van der Waals surface area contributed by atoms with Crippen molar-refractivity contribution in [1.29, 1.82) is 0 Å². The summed E-state index contributed by atoms with van der Waals surface area (Å²) in [6, 6.07) is 28.9. The normalized spacial score (nSPS) is 14.2. The number of hydrogen-bond donors (Lipinski definition) is 2. The molecule has 5 heterocycles. The molecule has 1 amide bonds. The number of carbonyl (C=O) groups is 1. The monoisotopic (exact) mass is 627 g/mol. The number of rotatable bonds is 9. The van der Waals surface area contributed by atoms with Crippen LogP contribution < -0.4 is 10.6 Å². The van der Waals surface area contributed by atoms with E-state index in [1.54, 1.807) is 17.5 Å². The Bertz CT molecular complexity index is 1940. The van der Waals surface area contributed by atoms with E-state index in [-0.39, 0.29) is 5.91 Å². The molecule has 0 spiro atoms. The Balaban J connectivity index is 1.13. The van der Waals surface area contributed by atoms with E-state index in [0.29, 0.717) is 24.3 Å². The number of piperidine rings is 1. The highest BCUT2D eigenvalue weighted by Crippen LogP contribution is 2.34. The van der Waals surface area contributed by atoms with Crippen molar-refractivity contribution in [1.82, 2.24) is 24.3 Å². The molecule has 1 saturated heterocycles. The quantitative estimate of drug-likeness (QED) is 0.169. The summed E-state index contributed by atoms with van der Waals surface area (Å²) in [7, 11) is 0. The molecule has 7 rings (SSSR count). The number of amides is 1. The van der Waals surface area contributed by atoms with Crippen molar-refractivity contribution in [2.75, 3.05) is 23.7 Å². The zero-order valence-electron chi connectivity index (χ0n) is 26.1. The van der Waals surface area contributed by atoms with Crippen LogP contribution in [-0.4, -0.2) is 49.3 Å². The van der Waals surface area contributed by atoms with Gasteiger partial charge in [0.2, 0.25) is 11.9 Å². The first-order valence-electron chi connectivity index (χ1n) is 15.8. The molecule has 232 valence electrons. The van der Waals surface area contributed by atoms with Crippen LogP contribution in [0.15, 0.2) is 103 Å². The van der Waals surface area contributed by atoms with E-state index in [1.165, 1.54) is 18.4 Å². The molecule has 0 atom stereocenters. The Labute approximate surface area is 273 Å². The lowest BCUT2D eigenvalue weighted by Gasteiger charge is -2.34. The number of fused-ring (bicyclic) bond motifs is 1. The number of hydrogen-bond acceptors (Lipinski definition) is 7. The van der Waals surface area contributed by atoms with Gasteiger partial charge in [-0.2, -0.15) is 0 Å². The second kappa shape index (κ2) is 13.2. The van der Waals surface area contributed by atoms with E-state index in [1.807, 2.05) is 76.6 Å². The SMILES string of the molecule is CC(C)N1CCC(c2ccc(Nc3nccc(-c4c(-c5cccc(NC(=O)Cc6cccs6)c5)nc5ccccn45)n3)cc2)CC1. The summed E-state index contributed by atoms with van der Waals surface area (Å²) in [6.07, 6.45) is 6.51. The van der Waals surface area contributed by atoms with E-state index in [9.17, 15) is 4.79 Å². The van der Waals surface area contributed by atoms with Crippen molar-refractivity contribution >= 4 is 40.2 Å². The Morgan fingerprint density at radius 1 is 0.935 bits per heavy atom. The molecule has 0 aliphatic carbocycles. The van der Waals surface area contributed by atoms with Gasteiger partial charge in [-0.25, -0.2) is 15.0 Å². The van der Waals surface area contributed by atoms with Crippen molar-refractivity contribution in [2.24, 2.45) is 0 Å². The summed E-state index contributed by atoms with van der Waals surface area (Å²) < 4.78 is 2.04. The maximum atomic E-state index is 12.7. The lowest BCUT2D eigenvalue weighted by atomic mass is 9.89. The van der Waals surface area contributed by atoms with Crippen LogP contribution in [0.2, 0.25) is 0 Å². The average molecular weight is 628 g/mol. The summed E-state index contributed by atoms with van der Waals surface area (Å²) >= 11 is 1.58. The third kappa shape index (κ3) is 6.56. The molecule has 1 fully saturated rings. The van der Waals surface area contributed by atoms with Gasteiger partial charge in [-0.05, 0) is 105 Å². The maximum Gasteiger partial charge on any atom is 0.229 e. The molecule has 1 aliphatic rings. The molecule has 0 unspecified atom stereocenters. The average Bonchev–Trinajstić information content (AvgIpc) is 3.73. The summed E-state index contributed by atoms with van der Waals surface area (Å²) in [4.78, 5) is 30.8.